The van der Waals surface area contributed by atoms with Gasteiger partial charge in [-0.1, -0.05) is 12.1 Å². The molecule has 34 heavy (non-hydrogen) atoms. The van der Waals surface area contributed by atoms with E-state index in [2.05, 4.69) is 15.6 Å². The lowest BCUT2D eigenvalue weighted by molar-refractivity contribution is 0.0951. The molecule has 6 nitrogen and oxygen atoms in total. The Morgan fingerprint density at radius 3 is 2.50 bits per heavy atom. The minimum Gasteiger partial charge on any atom is -0.454 e. The van der Waals surface area contributed by atoms with Crippen LogP contribution >= 0.6 is 0 Å². The molecule has 0 unspecified atom stereocenters. The molecule has 0 aliphatic rings. The average Bonchev–Trinajstić information content (AvgIpc) is 3.49. The van der Waals surface area contributed by atoms with E-state index in [-0.39, 0.29) is 17.6 Å². The van der Waals surface area contributed by atoms with Crippen molar-refractivity contribution in [2.24, 2.45) is 0 Å². The Balaban J connectivity index is 1.79. The summed E-state index contributed by atoms with van der Waals surface area (Å²) in [5, 5.41) is 6.93. The SMILES string of the molecule is CCNC(=O)c1cccc(-c2cc3c(C(=O)NC)c(-c4ccc(F)cc4)oc3c3cc[nH]c23)c1. The molecule has 5 rings (SSSR count). The van der Waals surface area contributed by atoms with Crippen molar-refractivity contribution >= 4 is 33.7 Å². The van der Waals surface area contributed by atoms with E-state index in [1.165, 1.54) is 12.1 Å². The zero-order valence-electron chi connectivity index (χ0n) is 18.7. The van der Waals surface area contributed by atoms with Crippen molar-refractivity contribution < 1.29 is 18.4 Å². The number of aromatic nitrogens is 1. The second kappa shape index (κ2) is 8.51. The van der Waals surface area contributed by atoms with Gasteiger partial charge in [-0.25, -0.2) is 4.39 Å². The first-order valence-electron chi connectivity index (χ1n) is 10.9. The summed E-state index contributed by atoms with van der Waals surface area (Å²) in [5.74, 6) is -0.468. The molecule has 0 bridgehead atoms. The van der Waals surface area contributed by atoms with Crippen LogP contribution in [0.25, 0.3) is 44.3 Å². The second-order valence-corrected chi connectivity index (χ2v) is 7.90. The molecule has 0 saturated carbocycles. The molecule has 2 amide bonds. The predicted molar refractivity (Wildman–Crippen MR) is 130 cm³/mol. The Kier molecular flexibility index (Phi) is 5.37. The third-order valence-electron chi connectivity index (χ3n) is 5.83. The fourth-order valence-corrected chi connectivity index (χ4v) is 4.25. The molecule has 3 N–H and O–H groups in total. The molecular weight excluding hydrogens is 433 g/mol. The number of carbonyl (C=O) groups is 2. The van der Waals surface area contributed by atoms with E-state index in [1.807, 2.05) is 37.3 Å². The quantitative estimate of drug-likeness (QED) is 0.327. The first-order valence-corrected chi connectivity index (χ1v) is 10.9. The highest BCUT2D eigenvalue weighted by Crippen LogP contribution is 2.41. The lowest BCUT2D eigenvalue weighted by atomic mass is 9.96. The molecule has 0 spiro atoms. The molecule has 7 heteroatoms. The van der Waals surface area contributed by atoms with Crippen molar-refractivity contribution in [2.45, 2.75) is 6.92 Å². The average molecular weight is 455 g/mol. The number of fused-ring (bicyclic) bond motifs is 3. The molecule has 0 fully saturated rings. The van der Waals surface area contributed by atoms with Crippen LogP contribution in [0.2, 0.25) is 0 Å². The Labute approximate surface area is 194 Å². The van der Waals surface area contributed by atoms with Gasteiger partial charge in [-0.3, -0.25) is 9.59 Å². The normalized spacial score (nSPS) is 11.1. The van der Waals surface area contributed by atoms with Gasteiger partial charge >= 0.3 is 0 Å². The van der Waals surface area contributed by atoms with Gasteiger partial charge in [-0.15, -0.1) is 0 Å². The third-order valence-corrected chi connectivity index (χ3v) is 5.83. The number of furan rings is 1. The van der Waals surface area contributed by atoms with E-state index in [9.17, 15) is 14.0 Å². The number of carbonyl (C=O) groups excluding carboxylic acids is 2. The monoisotopic (exact) mass is 455 g/mol. The zero-order chi connectivity index (χ0) is 23.8. The van der Waals surface area contributed by atoms with Crippen LogP contribution in [0, 0.1) is 5.82 Å². The van der Waals surface area contributed by atoms with Crippen molar-refractivity contribution in [2.75, 3.05) is 13.6 Å². The van der Waals surface area contributed by atoms with Gasteiger partial charge in [0, 0.05) is 47.3 Å². The summed E-state index contributed by atoms with van der Waals surface area (Å²) in [6.07, 6.45) is 1.81. The first kappa shape index (κ1) is 21.5. The maximum absolute atomic E-state index is 13.5. The zero-order valence-corrected chi connectivity index (χ0v) is 18.7. The van der Waals surface area contributed by atoms with Gasteiger partial charge < -0.3 is 20.0 Å². The molecule has 0 atom stereocenters. The van der Waals surface area contributed by atoms with Gasteiger partial charge in [0.25, 0.3) is 11.8 Å². The molecule has 2 aromatic heterocycles. The molecule has 5 aromatic rings. The van der Waals surface area contributed by atoms with Crippen molar-refractivity contribution in [3.63, 3.8) is 0 Å². The second-order valence-electron chi connectivity index (χ2n) is 7.90. The van der Waals surface area contributed by atoms with Gasteiger partial charge in [-0.2, -0.15) is 0 Å². The summed E-state index contributed by atoms with van der Waals surface area (Å²) < 4.78 is 19.8. The maximum atomic E-state index is 13.5. The molecule has 3 aromatic carbocycles. The number of rotatable bonds is 5. The minimum atomic E-state index is -0.372. The number of amides is 2. The van der Waals surface area contributed by atoms with Crippen molar-refractivity contribution in [1.82, 2.24) is 15.6 Å². The van der Waals surface area contributed by atoms with Crippen molar-refractivity contribution in [3.8, 4) is 22.5 Å². The molecule has 0 aliphatic carbocycles. The summed E-state index contributed by atoms with van der Waals surface area (Å²) in [6.45, 7) is 2.41. The molecule has 2 heterocycles. The summed E-state index contributed by atoms with van der Waals surface area (Å²) in [7, 11) is 1.56. The van der Waals surface area contributed by atoms with E-state index >= 15 is 0 Å². The molecule has 0 saturated heterocycles. The lowest BCUT2D eigenvalue weighted by Gasteiger charge is -2.08. The minimum absolute atomic E-state index is 0.152. The van der Waals surface area contributed by atoms with Crippen LogP contribution in [-0.4, -0.2) is 30.4 Å². The fourth-order valence-electron chi connectivity index (χ4n) is 4.25. The number of hydrogen-bond donors (Lipinski definition) is 3. The molecular formula is C27H22FN3O3. The van der Waals surface area contributed by atoms with Gasteiger partial charge in [0.2, 0.25) is 0 Å². The van der Waals surface area contributed by atoms with Gasteiger partial charge in [0.05, 0.1) is 11.1 Å². The largest absolute Gasteiger partial charge is 0.454 e. The van der Waals surface area contributed by atoms with Crippen LogP contribution in [0.4, 0.5) is 4.39 Å². The number of aromatic amines is 1. The summed E-state index contributed by atoms with van der Waals surface area (Å²) >= 11 is 0. The summed E-state index contributed by atoms with van der Waals surface area (Å²) in [6, 6.07) is 17.0. The highest BCUT2D eigenvalue weighted by atomic mass is 19.1. The van der Waals surface area contributed by atoms with Gasteiger partial charge in [-0.05, 0) is 61.0 Å². The van der Waals surface area contributed by atoms with Crippen LogP contribution in [-0.2, 0) is 0 Å². The van der Waals surface area contributed by atoms with Gasteiger partial charge in [0.1, 0.15) is 17.2 Å². The van der Waals surface area contributed by atoms with Crippen LogP contribution in [0.15, 0.2) is 71.3 Å². The number of nitrogens with one attached hydrogen (secondary N) is 3. The highest BCUT2D eigenvalue weighted by Gasteiger charge is 2.25. The van der Waals surface area contributed by atoms with Crippen LogP contribution < -0.4 is 10.6 Å². The molecule has 0 aliphatic heterocycles. The van der Waals surface area contributed by atoms with Crippen molar-refractivity contribution in [1.29, 1.82) is 0 Å². The highest BCUT2D eigenvalue weighted by molar-refractivity contribution is 6.19. The number of hydrogen-bond acceptors (Lipinski definition) is 3. The van der Waals surface area contributed by atoms with Gasteiger partial charge in [0.15, 0.2) is 0 Å². The number of H-pyrrole nitrogens is 1. The standard InChI is InChI=1S/C27H22FN3O3/c1-3-30-26(32)17-6-4-5-16(13-17)20-14-21-22(27(33)29-2)24(15-7-9-18(28)10-8-15)34-25(21)19-11-12-31-23(19)20/h4-14,31H,3H2,1-2H3,(H,29,33)(H,30,32). The van der Waals surface area contributed by atoms with E-state index < -0.39 is 0 Å². The topological polar surface area (TPSA) is 87.1 Å². The van der Waals surface area contributed by atoms with E-state index in [4.69, 9.17) is 4.42 Å². The smallest absolute Gasteiger partial charge is 0.255 e. The predicted octanol–water partition coefficient (Wildman–Crippen LogP) is 5.50. The molecule has 170 valence electrons. The maximum Gasteiger partial charge on any atom is 0.255 e. The van der Waals surface area contributed by atoms with Crippen LogP contribution in [0.1, 0.15) is 27.6 Å². The number of benzene rings is 3. The third kappa shape index (κ3) is 3.51. The first-order chi connectivity index (χ1) is 16.5. The van der Waals surface area contributed by atoms with E-state index in [0.717, 1.165) is 22.0 Å². The fraction of sp³-hybridized carbons (Fsp3) is 0.111. The summed E-state index contributed by atoms with van der Waals surface area (Å²) in [5.41, 5.74) is 4.54. The Morgan fingerprint density at radius 2 is 1.76 bits per heavy atom. The summed E-state index contributed by atoms with van der Waals surface area (Å²) in [4.78, 5) is 28.6. The Bertz CT molecular complexity index is 1550. The van der Waals surface area contributed by atoms with Crippen LogP contribution in [0.5, 0.6) is 0 Å². The van der Waals surface area contributed by atoms with Crippen LogP contribution in [0.3, 0.4) is 0 Å². The lowest BCUT2D eigenvalue weighted by Crippen LogP contribution is -2.22. The Morgan fingerprint density at radius 1 is 0.971 bits per heavy atom. The molecule has 0 radical (unpaired) electrons. The van der Waals surface area contributed by atoms with E-state index in [1.54, 1.807) is 31.4 Å². The van der Waals surface area contributed by atoms with Crippen molar-refractivity contribution in [3.05, 3.63) is 83.8 Å². The van der Waals surface area contributed by atoms with E-state index in [0.29, 0.717) is 40.0 Å². The Hall–Kier alpha value is -4.39. The number of halogens is 1.